The van der Waals surface area contributed by atoms with E-state index in [9.17, 15) is 9.90 Å². The minimum absolute atomic E-state index is 0.0127. The van der Waals surface area contributed by atoms with Crippen LogP contribution in [0.3, 0.4) is 0 Å². The summed E-state index contributed by atoms with van der Waals surface area (Å²) in [6, 6.07) is 14.3. The number of ether oxygens (including phenoxy) is 1. The lowest BCUT2D eigenvalue weighted by atomic mass is 9.90. The lowest BCUT2D eigenvalue weighted by Gasteiger charge is -2.36. The number of carbonyl (C=O) groups excluding carboxylic acids is 1. The Morgan fingerprint density at radius 2 is 1.94 bits per heavy atom. The number of fused-ring (bicyclic) bond motifs is 1. The van der Waals surface area contributed by atoms with Gasteiger partial charge in [0.25, 0.3) is 5.91 Å². The largest absolute Gasteiger partial charge is 0.481 e. The molecule has 2 aliphatic rings. The summed E-state index contributed by atoms with van der Waals surface area (Å²) in [5, 5.41) is 11.6. The second-order valence-electron chi connectivity index (χ2n) is 9.79. The minimum Gasteiger partial charge on any atom is -0.481 e. The number of rotatable bonds is 5. The Labute approximate surface area is 195 Å². The minimum atomic E-state index is -0.586. The Balaban J connectivity index is 1.35. The van der Waals surface area contributed by atoms with Crippen LogP contribution >= 0.6 is 0 Å². The second-order valence-corrected chi connectivity index (χ2v) is 9.79. The van der Waals surface area contributed by atoms with Crippen LogP contribution in [0.4, 0.5) is 0 Å². The zero-order chi connectivity index (χ0) is 23.2. The van der Waals surface area contributed by atoms with Crippen molar-refractivity contribution in [2.24, 2.45) is 5.92 Å². The first-order valence-electron chi connectivity index (χ1n) is 12.0. The summed E-state index contributed by atoms with van der Waals surface area (Å²) in [7, 11) is 0. The molecule has 2 fully saturated rings. The summed E-state index contributed by atoms with van der Waals surface area (Å²) in [5.74, 6) is 0.820. The van der Waals surface area contributed by atoms with Gasteiger partial charge in [-0.1, -0.05) is 18.2 Å². The molecule has 0 radical (unpaired) electrons. The number of amides is 1. The smallest absolute Gasteiger partial charge is 0.263 e. The highest BCUT2D eigenvalue weighted by atomic mass is 16.5. The van der Waals surface area contributed by atoms with Gasteiger partial charge in [0.15, 0.2) is 6.10 Å². The molecule has 2 heterocycles. The van der Waals surface area contributed by atoms with Gasteiger partial charge in [0.05, 0.1) is 11.1 Å². The fourth-order valence-corrected chi connectivity index (χ4v) is 5.32. The number of carbonyl (C=O) groups is 1. The zero-order valence-electron chi connectivity index (χ0n) is 19.7. The summed E-state index contributed by atoms with van der Waals surface area (Å²) < 4.78 is 6.07. The molecule has 1 amide bonds. The fraction of sp³-hybridized carbons (Fsp3) is 0.429. The topological polar surface area (TPSA) is 62.7 Å². The van der Waals surface area contributed by atoms with Crippen molar-refractivity contribution in [3.05, 3.63) is 59.8 Å². The first-order chi connectivity index (χ1) is 15.9. The lowest BCUT2D eigenvalue weighted by molar-refractivity contribution is -0.141. The van der Waals surface area contributed by atoms with Crippen molar-refractivity contribution in [1.29, 1.82) is 0 Å². The van der Waals surface area contributed by atoms with Crippen LogP contribution < -0.4 is 4.74 Å². The summed E-state index contributed by atoms with van der Waals surface area (Å²) in [6.07, 6.45) is 4.90. The number of aryl methyl sites for hydroxylation is 2. The highest BCUT2D eigenvalue weighted by molar-refractivity contribution is 5.96. The van der Waals surface area contributed by atoms with Crippen LogP contribution in [0.2, 0.25) is 0 Å². The monoisotopic (exact) mass is 444 g/mol. The van der Waals surface area contributed by atoms with E-state index >= 15 is 0 Å². The van der Waals surface area contributed by atoms with Gasteiger partial charge in [-0.15, -0.1) is 0 Å². The predicted molar refractivity (Wildman–Crippen MR) is 130 cm³/mol. The molecule has 0 bridgehead atoms. The van der Waals surface area contributed by atoms with Crippen LogP contribution in [-0.2, 0) is 4.79 Å². The Hall–Kier alpha value is -2.92. The first-order valence-corrected chi connectivity index (χ1v) is 12.0. The van der Waals surface area contributed by atoms with Crippen molar-refractivity contribution in [2.75, 3.05) is 13.1 Å². The van der Waals surface area contributed by atoms with E-state index in [2.05, 4.69) is 43.1 Å². The molecule has 1 saturated heterocycles. The maximum Gasteiger partial charge on any atom is 0.263 e. The number of likely N-dealkylation sites (tertiary alicyclic amines) is 1. The van der Waals surface area contributed by atoms with E-state index in [1.54, 1.807) is 0 Å². The summed E-state index contributed by atoms with van der Waals surface area (Å²) in [5.41, 5.74) is 5.17. The van der Waals surface area contributed by atoms with E-state index in [1.165, 1.54) is 16.7 Å². The molecule has 2 unspecified atom stereocenters. The number of aromatic nitrogens is 1. The molecule has 3 aromatic rings. The van der Waals surface area contributed by atoms with Crippen molar-refractivity contribution < 1.29 is 14.6 Å². The van der Waals surface area contributed by atoms with Crippen LogP contribution in [0.25, 0.3) is 22.0 Å². The highest BCUT2D eigenvalue weighted by Crippen LogP contribution is 2.45. The number of pyridine rings is 1. The Bertz CT molecular complexity index is 1180. The number of hydrogen-bond acceptors (Lipinski definition) is 4. The summed E-state index contributed by atoms with van der Waals surface area (Å²) in [6.45, 7) is 7.43. The standard InChI is InChI=1S/C28H32N2O3/c1-18-6-4-7-19(2)26(18)24-11-14-29-25-16-22(9-10-23(24)25)33-20(3)27(31)30-15-5-8-21(17-30)28(32)12-13-28/h4,6-7,9-11,14,16,20-21,32H,5,8,12-13,15,17H2,1-3H3. The van der Waals surface area contributed by atoms with Crippen LogP contribution in [0.5, 0.6) is 5.75 Å². The maximum atomic E-state index is 13.1. The number of hydrogen-bond donors (Lipinski definition) is 1. The molecule has 1 saturated carbocycles. The highest BCUT2D eigenvalue weighted by Gasteiger charge is 2.49. The third-order valence-corrected chi connectivity index (χ3v) is 7.38. The third kappa shape index (κ3) is 4.22. The predicted octanol–water partition coefficient (Wildman–Crippen LogP) is 5.05. The molecule has 2 atom stereocenters. The van der Waals surface area contributed by atoms with E-state index in [0.717, 1.165) is 48.7 Å². The normalized spacial score (nSPS) is 20.5. The molecule has 1 aliphatic carbocycles. The molecule has 5 nitrogen and oxygen atoms in total. The van der Waals surface area contributed by atoms with E-state index in [-0.39, 0.29) is 11.8 Å². The number of piperidine rings is 1. The van der Waals surface area contributed by atoms with E-state index in [4.69, 9.17) is 4.74 Å². The van der Waals surface area contributed by atoms with E-state index < -0.39 is 11.7 Å². The van der Waals surface area contributed by atoms with Crippen molar-refractivity contribution in [3.8, 4) is 16.9 Å². The van der Waals surface area contributed by atoms with Gasteiger partial charge in [0.2, 0.25) is 0 Å². The summed E-state index contributed by atoms with van der Waals surface area (Å²) in [4.78, 5) is 19.5. The van der Waals surface area contributed by atoms with Crippen LogP contribution in [0, 0.1) is 19.8 Å². The molecular weight excluding hydrogens is 412 g/mol. The van der Waals surface area contributed by atoms with Gasteiger partial charge < -0.3 is 14.7 Å². The first kappa shape index (κ1) is 21.9. The van der Waals surface area contributed by atoms with Gasteiger partial charge in [-0.2, -0.15) is 0 Å². The molecule has 33 heavy (non-hydrogen) atoms. The average Bonchev–Trinajstić information content (AvgIpc) is 3.57. The molecule has 1 N–H and O–H groups in total. The molecule has 172 valence electrons. The second kappa shape index (κ2) is 8.45. The molecule has 5 rings (SSSR count). The van der Waals surface area contributed by atoms with Crippen LogP contribution in [0.1, 0.15) is 43.7 Å². The van der Waals surface area contributed by atoms with Crippen molar-refractivity contribution in [1.82, 2.24) is 9.88 Å². The van der Waals surface area contributed by atoms with Crippen LogP contribution in [0.15, 0.2) is 48.7 Å². The fourth-order valence-electron chi connectivity index (χ4n) is 5.32. The molecular formula is C28H32N2O3. The van der Waals surface area contributed by atoms with Gasteiger partial charge >= 0.3 is 0 Å². The van der Waals surface area contributed by atoms with Gasteiger partial charge in [-0.25, -0.2) is 0 Å². The summed E-state index contributed by atoms with van der Waals surface area (Å²) >= 11 is 0. The lowest BCUT2D eigenvalue weighted by Crippen LogP contribution is -2.48. The molecule has 2 aromatic carbocycles. The molecule has 0 spiro atoms. The Kier molecular flexibility index (Phi) is 5.61. The number of aliphatic hydroxyl groups is 1. The quantitative estimate of drug-likeness (QED) is 0.598. The SMILES string of the molecule is Cc1cccc(C)c1-c1ccnc2cc(OC(C)C(=O)N3CCCC(C4(O)CC4)C3)ccc12. The Morgan fingerprint density at radius 3 is 2.67 bits per heavy atom. The van der Waals surface area contributed by atoms with Gasteiger partial charge in [-0.05, 0) is 86.9 Å². The van der Waals surface area contributed by atoms with Crippen molar-refractivity contribution in [2.45, 2.75) is 58.2 Å². The van der Waals surface area contributed by atoms with Crippen LogP contribution in [-0.4, -0.2) is 45.7 Å². The third-order valence-electron chi connectivity index (χ3n) is 7.38. The van der Waals surface area contributed by atoms with Gasteiger partial charge in [0.1, 0.15) is 5.75 Å². The van der Waals surface area contributed by atoms with E-state index in [1.807, 2.05) is 36.2 Å². The van der Waals surface area contributed by atoms with Gasteiger partial charge in [0, 0.05) is 36.7 Å². The van der Waals surface area contributed by atoms with Gasteiger partial charge in [-0.3, -0.25) is 9.78 Å². The molecule has 1 aromatic heterocycles. The maximum absolute atomic E-state index is 13.1. The molecule has 5 heteroatoms. The van der Waals surface area contributed by atoms with Crippen molar-refractivity contribution in [3.63, 3.8) is 0 Å². The zero-order valence-corrected chi connectivity index (χ0v) is 19.7. The number of benzene rings is 2. The number of nitrogens with zero attached hydrogens (tertiary/aromatic N) is 2. The van der Waals surface area contributed by atoms with Crippen molar-refractivity contribution >= 4 is 16.8 Å². The average molecular weight is 445 g/mol. The Morgan fingerprint density at radius 1 is 1.18 bits per heavy atom. The van der Waals surface area contributed by atoms with E-state index in [0.29, 0.717) is 12.3 Å². The molecule has 1 aliphatic heterocycles.